The van der Waals surface area contributed by atoms with Gasteiger partial charge in [0.25, 0.3) is 0 Å². The molecule has 0 saturated heterocycles. The van der Waals surface area contributed by atoms with Crippen LogP contribution in [-0.4, -0.2) is 20.5 Å². The summed E-state index contributed by atoms with van der Waals surface area (Å²) in [7, 11) is 0. The molecule has 1 heterocycles. The molecular formula is C7H12N4OS2. The zero-order valence-corrected chi connectivity index (χ0v) is 9.61. The number of aromatic nitrogens is 2. The maximum Gasteiger partial charge on any atom is 0.247 e. The highest BCUT2D eigenvalue weighted by Gasteiger charge is 2.15. The van der Waals surface area contributed by atoms with Crippen LogP contribution in [0.1, 0.15) is 19.7 Å². The molecule has 0 aliphatic carbocycles. The molecule has 1 amide bonds. The van der Waals surface area contributed by atoms with Crippen LogP contribution in [0.15, 0.2) is 4.34 Å². The van der Waals surface area contributed by atoms with Gasteiger partial charge in [-0.15, -0.1) is 0 Å². The lowest BCUT2D eigenvalue weighted by Gasteiger charge is -2.05. The van der Waals surface area contributed by atoms with Crippen LogP contribution >= 0.6 is 23.3 Å². The van der Waals surface area contributed by atoms with E-state index in [4.69, 9.17) is 5.84 Å². The molecule has 0 aromatic carbocycles. The normalized spacial score (nSPS) is 12.5. The monoisotopic (exact) mass is 232 g/mol. The van der Waals surface area contributed by atoms with Gasteiger partial charge in [0.05, 0.1) is 5.25 Å². The molecule has 0 saturated carbocycles. The number of hydrazine groups is 1. The molecule has 0 aliphatic heterocycles. The maximum atomic E-state index is 11.1. The number of carbonyl (C=O) groups is 1. The lowest BCUT2D eigenvalue weighted by molar-refractivity contribution is -0.120. The molecule has 0 radical (unpaired) electrons. The number of thioether (sulfide) groups is 1. The molecule has 14 heavy (non-hydrogen) atoms. The van der Waals surface area contributed by atoms with Gasteiger partial charge < -0.3 is 0 Å². The predicted octanol–water partition coefficient (Wildman–Crippen LogP) is 0.571. The fourth-order valence-electron chi connectivity index (χ4n) is 0.752. The van der Waals surface area contributed by atoms with Crippen molar-refractivity contribution in [1.29, 1.82) is 0 Å². The molecule has 1 atom stereocenters. The van der Waals surface area contributed by atoms with Crippen molar-refractivity contribution in [3.8, 4) is 0 Å². The van der Waals surface area contributed by atoms with Crippen LogP contribution in [0.25, 0.3) is 0 Å². The lowest BCUT2D eigenvalue weighted by atomic mass is 10.5. The smallest absolute Gasteiger partial charge is 0.247 e. The summed E-state index contributed by atoms with van der Waals surface area (Å²) >= 11 is 2.68. The number of nitrogens with one attached hydrogen (secondary N) is 1. The largest absolute Gasteiger partial charge is 0.293 e. The summed E-state index contributed by atoms with van der Waals surface area (Å²) in [5, 5.41) is -0.238. The second-order valence-corrected chi connectivity index (χ2v) is 4.94. The first-order valence-electron chi connectivity index (χ1n) is 4.17. The van der Waals surface area contributed by atoms with Crippen LogP contribution < -0.4 is 11.3 Å². The highest BCUT2D eigenvalue weighted by molar-refractivity contribution is 8.02. The first kappa shape index (κ1) is 11.4. The van der Waals surface area contributed by atoms with Gasteiger partial charge in [0.15, 0.2) is 4.34 Å². The Morgan fingerprint density at radius 1 is 1.79 bits per heavy atom. The molecule has 0 fully saturated rings. The molecule has 1 rings (SSSR count). The van der Waals surface area contributed by atoms with Crippen molar-refractivity contribution in [2.75, 3.05) is 0 Å². The third-order valence-corrected chi connectivity index (χ3v) is 3.48. The quantitative estimate of drug-likeness (QED) is 0.343. The summed E-state index contributed by atoms with van der Waals surface area (Å²) in [6.07, 6.45) is 0.814. The number of aryl methyl sites for hydroxylation is 1. The van der Waals surface area contributed by atoms with E-state index in [1.807, 2.05) is 6.92 Å². The summed E-state index contributed by atoms with van der Waals surface area (Å²) in [6.45, 7) is 3.77. The Morgan fingerprint density at radius 2 is 2.50 bits per heavy atom. The number of nitrogens with zero attached hydrogens (tertiary/aromatic N) is 2. The highest BCUT2D eigenvalue weighted by Crippen LogP contribution is 2.24. The van der Waals surface area contributed by atoms with E-state index in [0.29, 0.717) is 0 Å². The number of carbonyl (C=O) groups excluding carboxylic acids is 1. The summed E-state index contributed by atoms with van der Waals surface area (Å²) in [5.41, 5.74) is 2.10. The van der Waals surface area contributed by atoms with E-state index in [0.717, 1.165) is 16.6 Å². The summed E-state index contributed by atoms with van der Waals surface area (Å²) in [6, 6.07) is 0. The molecule has 0 spiro atoms. The van der Waals surface area contributed by atoms with Gasteiger partial charge in [0.2, 0.25) is 5.91 Å². The van der Waals surface area contributed by atoms with Crippen LogP contribution in [0.2, 0.25) is 0 Å². The van der Waals surface area contributed by atoms with E-state index >= 15 is 0 Å². The van der Waals surface area contributed by atoms with E-state index in [1.165, 1.54) is 23.3 Å². The molecule has 1 aromatic rings. The molecular weight excluding hydrogens is 220 g/mol. The van der Waals surface area contributed by atoms with Gasteiger partial charge in [0, 0.05) is 6.42 Å². The van der Waals surface area contributed by atoms with E-state index in [9.17, 15) is 4.79 Å². The molecule has 1 aromatic heterocycles. The standard InChI is InChI=1S/C7H12N4OS2/c1-3-5-9-7(14-11-5)13-4(2)6(12)10-8/h4H,3,8H2,1-2H3,(H,10,12). The van der Waals surface area contributed by atoms with Gasteiger partial charge >= 0.3 is 0 Å². The number of rotatable bonds is 4. The highest BCUT2D eigenvalue weighted by atomic mass is 32.2. The van der Waals surface area contributed by atoms with E-state index in [1.54, 1.807) is 6.92 Å². The fourth-order valence-corrected chi connectivity index (χ4v) is 2.60. The Morgan fingerprint density at radius 3 is 3.00 bits per heavy atom. The second-order valence-electron chi connectivity index (χ2n) is 2.60. The molecule has 7 heteroatoms. The third-order valence-electron chi connectivity index (χ3n) is 1.55. The van der Waals surface area contributed by atoms with Gasteiger partial charge in [-0.2, -0.15) is 4.37 Å². The molecule has 0 bridgehead atoms. The zero-order chi connectivity index (χ0) is 10.6. The number of hydrogen-bond donors (Lipinski definition) is 2. The van der Waals surface area contributed by atoms with Crippen molar-refractivity contribution in [1.82, 2.24) is 14.8 Å². The first-order valence-corrected chi connectivity index (χ1v) is 5.82. The summed E-state index contributed by atoms with van der Waals surface area (Å²) in [4.78, 5) is 15.3. The fraction of sp³-hybridized carbons (Fsp3) is 0.571. The van der Waals surface area contributed by atoms with Gasteiger partial charge in [-0.05, 0) is 18.5 Å². The minimum absolute atomic E-state index is 0.205. The molecule has 0 aliphatic rings. The Balaban J connectivity index is 2.55. The number of nitrogens with two attached hydrogens (primary N) is 1. The second kappa shape index (κ2) is 5.28. The van der Waals surface area contributed by atoms with E-state index < -0.39 is 0 Å². The summed E-state index contributed by atoms with van der Waals surface area (Å²) in [5.74, 6) is 5.62. The average Bonchev–Trinajstić information content (AvgIpc) is 2.64. The summed E-state index contributed by atoms with van der Waals surface area (Å²) < 4.78 is 4.92. The molecule has 78 valence electrons. The Kier molecular flexibility index (Phi) is 4.30. The van der Waals surface area contributed by atoms with Crippen LogP contribution in [0.4, 0.5) is 0 Å². The maximum absolute atomic E-state index is 11.1. The topological polar surface area (TPSA) is 80.9 Å². The van der Waals surface area contributed by atoms with E-state index in [2.05, 4.69) is 14.8 Å². The van der Waals surface area contributed by atoms with Crippen molar-refractivity contribution in [2.24, 2.45) is 5.84 Å². The Labute approximate surface area is 90.6 Å². The minimum atomic E-state index is -0.238. The van der Waals surface area contributed by atoms with Crippen molar-refractivity contribution < 1.29 is 4.79 Å². The SMILES string of the molecule is CCc1nsc(SC(C)C(=O)NN)n1. The number of amides is 1. The van der Waals surface area contributed by atoms with Crippen molar-refractivity contribution >= 4 is 29.2 Å². The first-order chi connectivity index (χ1) is 6.67. The van der Waals surface area contributed by atoms with Crippen LogP contribution in [-0.2, 0) is 11.2 Å². The van der Waals surface area contributed by atoms with E-state index in [-0.39, 0.29) is 11.2 Å². The van der Waals surface area contributed by atoms with Crippen molar-refractivity contribution in [3.05, 3.63) is 5.82 Å². The van der Waals surface area contributed by atoms with Gasteiger partial charge in [0.1, 0.15) is 5.82 Å². The van der Waals surface area contributed by atoms with Crippen LogP contribution in [0.5, 0.6) is 0 Å². The van der Waals surface area contributed by atoms with Crippen molar-refractivity contribution in [3.63, 3.8) is 0 Å². The van der Waals surface area contributed by atoms with Gasteiger partial charge in [-0.3, -0.25) is 10.2 Å². The molecule has 1 unspecified atom stereocenters. The predicted molar refractivity (Wildman–Crippen MR) is 56.9 cm³/mol. The van der Waals surface area contributed by atoms with Crippen molar-refractivity contribution in [2.45, 2.75) is 29.9 Å². The molecule has 5 nitrogen and oxygen atoms in total. The van der Waals surface area contributed by atoms with Crippen LogP contribution in [0.3, 0.4) is 0 Å². The lowest BCUT2D eigenvalue weighted by Crippen LogP contribution is -2.36. The minimum Gasteiger partial charge on any atom is -0.293 e. The van der Waals surface area contributed by atoms with Gasteiger partial charge in [-0.25, -0.2) is 10.8 Å². The average molecular weight is 232 g/mol. The Hall–Kier alpha value is -0.660. The zero-order valence-electron chi connectivity index (χ0n) is 7.98. The Bertz CT molecular complexity index is 314. The van der Waals surface area contributed by atoms with Crippen LogP contribution in [0, 0.1) is 0 Å². The third kappa shape index (κ3) is 2.93. The van der Waals surface area contributed by atoms with Gasteiger partial charge in [-0.1, -0.05) is 18.7 Å². The molecule has 3 N–H and O–H groups in total. The number of hydrogen-bond acceptors (Lipinski definition) is 6.